The van der Waals surface area contributed by atoms with Crippen LogP contribution in [-0.4, -0.2) is 17.1 Å². The van der Waals surface area contributed by atoms with Gasteiger partial charge in [0.2, 0.25) is 0 Å². The number of aromatic nitrogens is 1. The molecule has 18 heavy (non-hydrogen) atoms. The largest absolute Gasteiger partial charge is 0.289 e. The molecule has 0 aliphatic rings. The lowest BCUT2D eigenvalue weighted by Crippen LogP contribution is -2.18. The molecule has 1 amide bonds. The summed E-state index contributed by atoms with van der Waals surface area (Å²) in [5.41, 5.74) is 4.87. The highest BCUT2D eigenvalue weighted by Crippen LogP contribution is 2.00. The number of rotatable bonds is 3. The number of nitrogens with zero attached hydrogens (tertiary/aromatic N) is 2. The van der Waals surface area contributed by atoms with Gasteiger partial charge in [-0.2, -0.15) is 5.10 Å². The van der Waals surface area contributed by atoms with E-state index in [4.69, 9.17) is 0 Å². The van der Waals surface area contributed by atoms with Gasteiger partial charge < -0.3 is 0 Å². The van der Waals surface area contributed by atoms with Gasteiger partial charge in [0.05, 0.1) is 6.21 Å². The first kappa shape index (κ1) is 12.0. The van der Waals surface area contributed by atoms with Crippen LogP contribution in [0.2, 0.25) is 0 Å². The Morgan fingerprint density at radius 3 is 2.89 bits per heavy atom. The number of hydrogen-bond donors (Lipinski definition) is 1. The molecule has 1 heterocycles. The lowest BCUT2D eigenvalue weighted by molar-refractivity contribution is 0.0950. The van der Waals surface area contributed by atoms with Gasteiger partial charge in [-0.3, -0.25) is 9.78 Å². The maximum atomic E-state index is 11.6. The Hall–Kier alpha value is -2.49. The molecule has 0 fully saturated rings. The second-order valence-electron chi connectivity index (χ2n) is 3.83. The number of aryl methyl sites for hydroxylation is 1. The molecule has 0 radical (unpaired) electrons. The van der Waals surface area contributed by atoms with Gasteiger partial charge in [-0.15, -0.1) is 0 Å². The third-order valence-electron chi connectivity index (χ3n) is 2.32. The summed E-state index contributed by atoms with van der Waals surface area (Å²) in [5, 5.41) is 3.89. The summed E-state index contributed by atoms with van der Waals surface area (Å²) in [7, 11) is 0. The van der Waals surface area contributed by atoms with Crippen LogP contribution in [0.3, 0.4) is 0 Å². The SMILES string of the molecule is Cc1cccc(C=NNC(=O)c2ccccn2)c1. The molecule has 0 saturated carbocycles. The van der Waals surface area contributed by atoms with Gasteiger partial charge in [-0.25, -0.2) is 5.43 Å². The second kappa shape index (κ2) is 5.72. The molecular weight excluding hydrogens is 226 g/mol. The van der Waals surface area contributed by atoms with Crippen molar-refractivity contribution >= 4 is 12.1 Å². The lowest BCUT2D eigenvalue weighted by Gasteiger charge is -1.98. The Labute approximate surface area is 105 Å². The van der Waals surface area contributed by atoms with Crippen molar-refractivity contribution in [1.29, 1.82) is 0 Å². The maximum absolute atomic E-state index is 11.6. The fourth-order valence-corrected chi connectivity index (χ4v) is 1.47. The zero-order valence-corrected chi connectivity index (χ0v) is 10.00. The molecule has 2 aromatic rings. The third-order valence-corrected chi connectivity index (χ3v) is 2.32. The smallest absolute Gasteiger partial charge is 0.266 e. The van der Waals surface area contributed by atoms with E-state index < -0.39 is 0 Å². The molecule has 0 aliphatic heterocycles. The van der Waals surface area contributed by atoms with Crippen molar-refractivity contribution in [3.63, 3.8) is 0 Å². The minimum atomic E-state index is -0.320. The average Bonchev–Trinajstić information content (AvgIpc) is 2.40. The number of hydrogen-bond acceptors (Lipinski definition) is 3. The van der Waals surface area contributed by atoms with Crippen LogP contribution in [-0.2, 0) is 0 Å². The monoisotopic (exact) mass is 239 g/mol. The molecule has 0 unspecified atom stereocenters. The Kier molecular flexibility index (Phi) is 3.81. The molecule has 0 bridgehead atoms. The summed E-state index contributed by atoms with van der Waals surface area (Å²) < 4.78 is 0. The minimum absolute atomic E-state index is 0.320. The fraction of sp³-hybridized carbons (Fsp3) is 0.0714. The van der Waals surface area contributed by atoms with E-state index in [9.17, 15) is 4.79 Å². The highest BCUT2D eigenvalue weighted by atomic mass is 16.2. The molecule has 0 saturated heterocycles. The van der Waals surface area contributed by atoms with Crippen LogP contribution in [0.25, 0.3) is 0 Å². The zero-order valence-electron chi connectivity index (χ0n) is 10.00. The van der Waals surface area contributed by atoms with Crippen LogP contribution in [0.15, 0.2) is 53.8 Å². The van der Waals surface area contributed by atoms with E-state index in [1.165, 1.54) is 0 Å². The van der Waals surface area contributed by atoms with Crippen molar-refractivity contribution in [2.45, 2.75) is 6.92 Å². The number of carbonyl (C=O) groups excluding carboxylic acids is 1. The second-order valence-corrected chi connectivity index (χ2v) is 3.83. The number of benzene rings is 1. The summed E-state index contributed by atoms with van der Waals surface area (Å²) in [6, 6.07) is 13.0. The van der Waals surface area contributed by atoms with Gasteiger partial charge in [-0.1, -0.05) is 35.9 Å². The third kappa shape index (κ3) is 3.25. The molecule has 90 valence electrons. The number of nitrogens with one attached hydrogen (secondary N) is 1. The van der Waals surface area contributed by atoms with Crippen LogP contribution < -0.4 is 5.43 Å². The molecule has 2 rings (SSSR count). The first-order chi connectivity index (χ1) is 8.75. The van der Waals surface area contributed by atoms with Gasteiger partial charge in [0.1, 0.15) is 5.69 Å². The lowest BCUT2D eigenvalue weighted by atomic mass is 10.2. The molecule has 4 nitrogen and oxygen atoms in total. The van der Waals surface area contributed by atoms with E-state index in [1.54, 1.807) is 30.6 Å². The Morgan fingerprint density at radius 1 is 1.28 bits per heavy atom. The van der Waals surface area contributed by atoms with Crippen LogP contribution >= 0.6 is 0 Å². The topological polar surface area (TPSA) is 54.4 Å². The van der Waals surface area contributed by atoms with Crippen LogP contribution in [0, 0.1) is 6.92 Å². The molecule has 1 N–H and O–H groups in total. The summed E-state index contributed by atoms with van der Waals surface area (Å²) in [6.45, 7) is 2.00. The average molecular weight is 239 g/mol. The Bertz CT molecular complexity index is 564. The minimum Gasteiger partial charge on any atom is -0.266 e. The van der Waals surface area contributed by atoms with E-state index in [0.717, 1.165) is 11.1 Å². The van der Waals surface area contributed by atoms with E-state index in [0.29, 0.717) is 5.69 Å². The van der Waals surface area contributed by atoms with Crippen LogP contribution in [0.5, 0.6) is 0 Å². The first-order valence-corrected chi connectivity index (χ1v) is 5.57. The Morgan fingerprint density at radius 2 is 2.17 bits per heavy atom. The summed E-state index contributed by atoms with van der Waals surface area (Å²) in [6.07, 6.45) is 3.17. The van der Waals surface area contributed by atoms with E-state index in [1.807, 2.05) is 31.2 Å². The predicted molar refractivity (Wildman–Crippen MR) is 70.5 cm³/mol. The molecule has 0 aliphatic carbocycles. The van der Waals surface area contributed by atoms with Gasteiger partial charge >= 0.3 is 0 Å². The van der Waals surface area contributed by atoms with Gasteiger partial charge in [-0.05, 0) is 24.6 Å². The molecular formula is C14H13N3O. The van der Waals surface area contributed by atoms with Gasteiger partial charge in [0.25, 0.3) is 5.91 Å². The van der Waals surface area contributed by atoms with Crippen molar-refractivity contribution in [1.82, 2.24) is 10.4 Å². The number of pyridine rings is 1. The molecule has 0 atom stereocenters. The zero-order chi connectivity index (χ0) is 12.8. The van der Waals surface area contributed by atoms with Crippen LogP contribution in [0.4, 0.5) is 0 Å². The summed E-state index contributed by atoms with van der Waals surface area (Å²) in [5.74, 6) is -0.320. The first-order valence-electron chi connectivity index (χ1n) is 5.57. The highest BCUT2D eigenvalue weighted by Gasteiger charge is 2.03. The fourth-order valence-electron chi connectivity index (χ4n) is 1.47. The number of amides is 1. The summed E-state index contributed by atoms with van der Waals surface area (Å²) >= 11 is 0. The van der Waals surface area contributed by atoms with Gasteiger partial charge in [0, 0.05) is 6.20 Å². The highest BCUT2D eigenvalue weighted by molar-refractivity contribution is 5.93. The summed E-state index contributed by atoms with van der Waals surface area (Å²) in [4.78, 5) is 15.5. The molecule has 1 aromatic carbocycles. The van der Waals surface area contributed by atoms with E-state index >= 15 is 0 Å². The van der Waals surface area contributed by atoms with Crippen molar-refractivity contribution in [3.8, 4) is 0 Å². The molecule has 4 heteroatoms. The quantitative estimate of drug-likeness (QED) is 0.659. The van der Waals surface area contributed by atoms with Crippen molar-refractivity contribution in [3.05, 3.63) is 65.5 Å². The van der Waals surface area contributed by atoms with Crippen molar-refractivity contribution in [2.24, 2.45) is 5.10 Å². The van der Waals surface area contributed by atoms with Gasteiger partial charge in [0.15, 0.2) is 0 Å². The molecule has 1 aromatic heterocycles. The van der Waals surface area contributed by atoms with E-state index in [-0.39, 0.29) is 5.91 Å². The van der Waals surface area contributed by atoms with Crippen LogP contribution in [0.1, 0.15) is 21.6 Å². The Balaban J connectivity index is 1.98. The van der Waals surface area contributed by atoms with Crippen molar-refractivity contribution < 1.29 is 4.79 Å². The predicted octanol–water partition coefficient (Wildman–Crippen LogP) is 2.15. The number of carbonyl (C=O) groups is 1. The maximum Gasteiger partial charge on any atom is 0.289 e. The van der Waals surface area contributed by atoms with E-state index in [2.05, 4.69) is 15.5 Å². The molecule has 0 spiro atoms. The number of hydrazone groups is 1. The standard InChI is InChI=1S/C14H13N3O/c1-11-5-4-6-12(9-11)10-16-17-14(18)13-7-2-3-8-15-13/h2-10H,1H3,(H,17,18). The normalized spacial score (nSPS) is 10.5. The van der Waals surface area contributed by atoms with Crippen molar-refractivity contribution in [2.75, 3.05) is 0 Å².